The molecule has 0 unspecified atom stereocenters. The summed E-state index contributed by atoms with van der Waals surface area (Å²) in [5.41, 5.74) is 0. The highest BCUT2D eigenvalue weighted by atomic mass is 24.5. The maximum atomic E-state index is 2.34. The minimum Gasteiger partial charge on any atom is -0.146 e. The topological polar surface area (TPSA) is 0 Å². The average molecular weight is 167 g/mol. The molecule has 0 radical (unpaired) electrons. The maximum absolute atomic E-state index is 2.34. The van der Waals surface area contributed by atoms with Gasteiger partial charge in [0, 0.05) is 0 Å². The second-order valence-electron chi connectivity index (χ2n) is 4.43. The SMILES string of the molecule is CC(C)CC[CH2][Mg][CH2]C(C)C. The molecule has 0 rings (SSSR count). The molecule has 0 aliphatic heterocycles. The van der Waals surface area contributed by atoms with E-state index in [1.54, 1.807) is 9.10 Å². The van der Waals surface area contributed by atoms with Crippen molar-refractivity contribution in [3.05, 3.63) is 0 Å². The normalized spacial score (nSPS) is 10.7. The molecule has 1 heteroatoms. The van der Waals surface area contributed by atoms with Crippen LogP contribution < -0.4 is 0 Å². The Kier molecular flexibility index (Phi) is 7.93. The van der Waals surface area contributed by atoms with E-state index < -0.39 is 0 Å². The maximum Gasteiger partial charge on any atom is 0.364 e. The number of hydrogen-bond donors (Lipinski definition) is 0. The van der Waals surface area contributed by atoms with Gasteiger partial charge < -0.3 is 0 Å². The van der Waals surface area contributed by atoms with E-state index in [0.717, 1.165) is 11.8 Å². The summed E-state index contributed by atoms with van der Waals surface area (Å²) >= 11 is 0.321. The van der Waals surface area contributed by atoms with Crippen molar-refractivity contribution in [2.45, 2.75) is 49.6 Å². The van der Waals surface area contributed by atoms with Gasteiger partial charge in [0.25, 0.3) is 0 Å². The van der Waals surface area contributed by atoms with E-state index in [4.69, 9.17) is 0 Å². The second kappa shape index (κ2) is 7.42. The van der Waals surface area contributed by atoms with Crippen LogP contribution in [0.4, 0.5) is 0 Å². The summed E-state index contributed by atoms with van der Waals surface area (Å²) in [6.07, 6.45) is 2.95. The Morgan fingerprint density at radius 3 is 2.09 bits per heavy atom. The molecule has 0 nitrogen and oxygen atoms in total. The molecular formula is C10H22Mg. The predicted octanol–water partition coefficient (Wildman–Crippen LogP) is 3.62. The van der Waals surface area contributed by atoms with Gasteiger partial charge in [-0.15, -0.1) is 9.10 Å². The monoisotopic (exact) mass is 166 g/mol. The van der Waals surface area contributed by atoms with E-state index in [2.05, 4.69) is 27.7 Å². The molecule has 0 saturated carbocycles. The fourth-order valence-corrected chi connectivity index (χ4v) is 3.03. The number of hydrogen-bond acceptors (Lipinski definition) is 0. The van der Waals surface area contributed by atoms with Gasteiger partial charge in [0.05, 0.1) is 0 Å². The van der Waals surface area contributed by atoms with Gasteiger partial charge in [0.15, 0.2) is 0 Å². The smallest absolute Gasteiger partial charge is 0.146 e. The number of rotatable bonds is 6. The standard InChI is InChI=1S/C6H13.C4H9.Mg/c1-4-5-6(2)3;1-4(2)3;/h6H,1,4-5H2,2-3H3;4H,1H2,2-3H3;. The van der Waals surface area contributed by atoms with E-state index in [0.29, 0.717) is 20.4 Å². The highest BCUT2D eigenvalue weighted by Crippen LogP contribution is 2.08. The third kappa shape index (κ3) is 10.8. The highest BCUT2D eigenvalue weighted by Gasteiger charge is 1.99. The zero-order chi connectivity index (χ0) is 8.69. The molecule has 0 N–H and O–H groups in total. The summed E-state index contributed by atoms with van der Waals surface area (Å²) in [4.78, 5) is 0. The third-order valence-electron chi connectivity index (χ3n) is 2.06. The Morgan fingerprint density at radius 1 is 1.00 bits per heavy atom. The predicted molar refractivity (Wildman–Crippen MR) is 54.3 cm³/mol. The van der Waals surface area contributed by atoms with Crippen molar-refractivity contribution < 1.29 is 0 Å². The lowest BCUT2D eigenvalue weighted by atomic mass is 10.1. The molecule has 0 bridgehead atoms. The Balaban J connectivity index is 2.91. The summed E-state index contributed by atoms with van der Waals surface area (Å²) in [6.45, 7) is 9.33. The molecule has 0 aromatic rings. The second-order valence-corrected chi connectivity index (χ2v) is 6.42. The van der Waals surface area contributed by atoms with Gasteiger partial charge in [-0.2, -0.15) is 0 Å². The van der Waals surface area contributed by atoms with Crippen LogP contribution in [0.15, 0.2) is 0 Å². The van der Waals surface area contributed by atoms with Gasteiger partial charge in [-0.05, 0) is 5.92 Å². The largest absolute Gasteiger partial charge is 0.364 e. The third-order valence-corrected chi connectivity index (χ3v) is 4.63. The van der Waals surface area contributed by atoms with Crippen molar-refractivity contribution in [2.75, 3.05) is 0 Å². The molecule has 0 saturated heterocycles. The van der Waals surface area contributed by atoms with Gasteiger partial charge in [-0.3, -0.25) is 0 Å². The molecular weight excluding hydrogens is 144 g/mol. The molecule has 11 heavy (non-hydrogen) atoms. The van der Waals surface area contributed by atoms with Crippen LogP contribution in [-0.4, -0.2) is 20.4 Å². The van der Waals surface area contributed by atoms with Gasteiger partial charge in [0.1, 0.15) is 0 Å². The summed E-state index contributed by atoms with van der Waals surface area (Å²) in [6, 6.07) is 0. The Bertz CT molecular complexity index is 66.9. The zero-order valence-corrected chi connectivity index (χ0v) is 10.1. The summed E-state index contributed by atoms with van der Waals surface area (Å²) < 4.78 is 3.13. The van der Waals surface area contributed by atoms with Crippen molar-refractivity contribution in [2.24, 2.45) is 11.8 Å². The quantitative estimate of drug-likeness (QED) is 0.418. The molecule has 0 atom stereocenters. The lowest BCUT2D eigenvalue weighted by Gasteiger charge is -2.04. The van der Waals surface area contributed by atoms with Gasteiger partial charge in [-0.25, -0.2) is 0 Å². The fourth-order valence-electron chi connectivity index (χ4n) is 1.28. The van der Waals surface area contributed by atoms with Crippen molar-refractivity contribution in [3.8, 4) is 0 Å². The zero-order valence-electron chi connectivity index (χ0n) is 8.69. The lowest BCUT2D eigenvalue weighted by Crippen LogP contribution is -1.96. The summed E-state index contributed by atoms with van der Waals surface area (Å²) in [5.74, 6) is 1.88. The van der Waals surface area contributed by atoms with E-state index in [1.807, 2.05) is 0 Å². The van der Waals surface area contributed by atoms with Crippen LogP contribution in [0.25, 0.3) is 0 Å². The van der Waals surface area contributed by atoms with Crippen molar-refractivity contribution in [1.82, 2.24) is 0 Å². The molecule has 0 aliphatic rings. The molecule has 0 aromatic heterocycles. The molecule has 0 aliphatic carbocycles. The van der Waals surface area contributed by atoms with E-state index in [9.17, 15) is 0 Å². The van der Waals surface area contributed by atoms with Crippen LogP contribution in [0.1, 0.15) is 40.5 Å². The molecule has 0 heterocycles. The fraction of sp³-hybridized carbons (Fsp3) is 1.00. The van der Waals surface area contributed by atoms with Crippen LogP contribution >= 0.6 is 0 Å². The minimum absolute atomic E-state index is 0.321. The first-order valence-corrected chi connectivity index (χ1v) is 7.13. The van der Waals surface area contributed by atoms with Crippen molar-refractivity contribution >= 4 is 20.4 Å². The molecule has 64 valence electrons. The van der Waals surface area contributed by atoms with Gasteiger partial charge >= 0.3 is 20.4 Å². The summed E-state index contributed by atoms with van der Waals surface area (Å²) in [7, 11) is 0. The van der Waals surface area contributed by atoms with E-state index in [-0.39, 0.29) is 0 Å². The molecule has 0 fully saturated rings. The van der Waals surface area contributed by atoms with Crippen molar-refractivity contribution in [3.63, 3.8) is 0 Å². The van der Waals surface area contributed by atoms with Crippen LogP contribution in [0.3, 0.4) is 0 Å². The Morgan fingerprint density at radius 2 is 1.64 bits per heavy atom. The molecule has 0 amide bonds. The van der Waals surface area contributed by atoms with E-state index in [1.165, 1.54) is 12.8 Å². The minimum atomic E-state index is 0.321. The Hall–Kier alpha value is 0.766. The van der Waals surface area contributed by atoms with Crippen LogP contribution in [0.5, 0.6) is 0 Å². The van der Waals surface area contributed by atoms with Crippen LogP contribution in [-0.2, 0) is 0 Å². The highest BCUT2D eigenvalue weighted by molar-refractivity contribution is 6.35. The molecule has 0 spiro atoms. The van der Waals surface area contributed by atoms with Gasteiger partial charge in [-0.1, -0.05) is 46.5 Å². The first-order valence-electron chi connectivity index (χ1n) is 5.13. The first-order chi connectivity index (χ1) is 5.13. The summed E-state index contributed by atoms with van der Waals surface area (Å²) in [5, 5.41) is 0. The van der Waals surface area contributed by atoms with E-state index >= 15 is 0 Å². The Labute approximate surface area is 81.9 Å². The van der Waals surface area contributed by atoms with Crippen LogP contribution in [0.2, 0.25) is 9.10 Å². The lowest BCUT2D eigenvalue weighted by molar-refractivity contribution is 0.574. The molecule has 0 aromatic carbocycles. The average Bonchev–Trinajstić information content (AvgIpc) is 1.85. The van der Waals surface area contributed by atoms with Gasteiger partial charge in [0.2, 0.25) is 0 Å². The first kappa shape index (κ1) is 11.8. The van der Waals surface area contributed by atoms with Crippen LogP contribution in [0, 0.1) is 11.8 Å². The van der Waals surface area contributed by atoms with Crippen molar-refractivity contribution in [1.29, 1.82) is 0 Å².